The molecule has 0 aromatic carbocycles. The summed E-state index contributed by atoms with van der Waals surface area (Å²) in [6, 6.07) is 9.84. The molecular weight excluding hydrogens is 510 g/mol. The van der Waals surface area contributed by atoms with E-state index in [1.54, 1.807) is 36.4 Å². The lowest BCUT2D eigenvalue weighted by Crippen LogP contribution is -2.62. The quantitative estimate of drug-likeness (QED) is 0.375. The van der Waals surface area contributed by atoms with Gasteiger partial charge in [-0.15, -0.1) is 0 Å². The first kappa shape index (κ1) is 23.1. The van der Waals surface area contributed by atoms with E-state index in [0.29, 0.717) is 11.4 Å². The third kappa shape index (κ3) is 2.64. The molecule has 0 bridgehead atoms. The number of rotatable bonds is 2. The van der Waals surface area contributed by atoms with Crippen LogP contribution in [0, 0.1) is 0 Å². The standard InChI is InChI=1S/C23H16F6N4S2/c1-19-15(34-17(32-19)11-7-3-5-9-30-11)13-14(22(26,27)23(28,29)21(13,24)25)16-20(19,2)33-18(35-16)12-8-4-6-10-31-12/h3-10,15-16H,1-2H3. The number of pyridine rings is 2. The van der Waals surface area contributed by atoms with Crippen molar-refractivity contribution in [2.75, 3.05) is 0 Å². The Morgan fingerprint density at radius 3 is 1.40 bits per heavy atom. The molecule has 2 aliphatic carbocycles. The van der Waals surface area contributed by atoms with Gasteiger partial charge < -0.3 is 0 Å². The molecule has 35 heavy (non-hydrogen) atoms. The van der Waals surface area contributed by atoms with Gasteiger partial charge >= 0.3 is 17.8 Å². The Kier molecular flexibility index (Phi) is 4.55. The van der Waals surface area contributed by atoms with Crippen LogP contribution in [0.5, 0.6) is 0 Å². The highest BCUT2D eigenvalue weighted by atomic mass is 32.2. The Balaban J connectivity index is 1.62. The zero-order valence-corrected chi connectivity index (χ0v) is 19.8. The molecule has 0 radical (unpaired) electrons. The molecule has 4 nitrogen and oxygen atoms in total. The third-order valence-corrected chi connectivity index (χ3v) is 10.1. The Bertz CT molecular complexity index is 1230. The molecule has 2 aliphatic heterocycles. The number of alkyl halides is 6. The van der Waals surface area contributed by atoms with Gasteiger partial charge in [0.05, 0.1) is 21.9 Å². The first-order valence-electron chi connectivity index (χ1n) is 10.6. The number of nitrogens with zero attached hydrogens (tertiary/aromatic N) is 4. The molecular formula is C23H16F6N4S2. The van der Waals surface area contributed by atoms with Crippen molar-refractivity contribution in [1.29, 1.82) is 0 Å². The lowest BCUT2D eigenvalue weighted by atomic mass is 9.66. The first-order valence-corrected chi connectivity index (χ1v) is 12.4. The van der Waals surface area contributed by atoms with E-state index in [-0.39, 0.29) is 10.1 Å². The summed E-state index contributed by atoms with van der Waals surface area (Å²) in [7, 11) is 0. The number of aromatic nitrogens is 2. The summed E-state index contributed by atoms with van der Waals surface area (Å²) in [5.74, 6) is -15.7. The second kappa shape index (κ2) is 6.90. The number of fused-ring (bicyclic) bond motifs is 5. The van der Waals surface area contributed by atoms with Crippen molar-refractivity contribution in [2.45, 2.75) is 53.2 Å². The van der Waals surface area contributed by atoms with Gasteiger partial charge in [0.1, 0.15) is 21.2 Å². The van der Waals surface area contributed by atoms with Crippen LogP contribution in [0.4, 0.5) is 26.3 Å². The minimum absolute atomic E-state index is 0.215. The molecule has 182 valence electrons. The van der Waals surface area contributed by atoms with Gasteiger partial charge in [-0.05, 0) is 38.1 Å². The summed E-state index contributed by atoms with van der Waals surface area (Å²) in [6.45, 7) is 3.04. The molecule has 2 aromatic rings. The molecule has 0 amide bonds. The monoisotopic (exact) mass is 526 g/mol. The molecule has 0 saturated heterocycles. The molecule has 12 heteroatoms. The van der Waals surface area contributed by atoms with Crippen LogP contribution in [0.2, 0.25) is 0 Å². The maximum absolute atomic E-state index is 15.3. The first-order chi connectivity index (χ1) is 16.4. The molecule has 0 spiro atoms. The highest BCUT2D eigenvalue weighted by Gasteiger charge is 2.86. The van der Waals surface area contributed by atoms with Crippen LogP contribution in [0.1, 0.15) is 25.2 Å². The topological polar surface area (TPSA) is 50.5 Å². The molecule has 0 fully saturated rings. The lowest BCUT2D eigenvalue weighted by Gasteiger charge is -2.49. The fourth-order valence-corrected chi connectivity index (χ4v) is 8.42. The summed E-state index contributed by atoms with van der Waals surface area (Å²) in [6.07, 6.45) is 2.96. The fourth-order valence-electron chi connectivity index (χ4n) is 5.18. The van der Waals surface area contributed by atoms with Gasteiger partial charge in [0.2, 0.25) is 0 Å². The van der Waals surface area contributed by atoms with Crippen molar-refractivity contribution in [3.8, 4) is 0 Å². The Morgan fingerprint density at radius 1 is 0.657 bits per heavy atom. The predicted molar refractivity (Wildman–Crippen MR) is 123 cm³/mol. The minimum Gasteiger partial charge on any atom is -0.266 e. The van der Waals surface area contributed by atoms with Crippen molar-refractivity contribution in [1.82, 2.24) is 9.97 Å². The van der Waals surface area contributed by atoms with E-state index < -0.39 is 50.5 Å². The number of aliphatic imine (C=N–C) groups is 2. The van der Waals surface area contributed by atoms with Crippen LogP contribution in [-0.4, -0.2) is 59.4 Å². The van der Waals surface area contributed by atoms with Crippen molar-refractivity contribution in [3.63, 3.8) is 0 Å². The molecule has 2 aromatic heterocycles. The SMILES string of the molecule is CC12N=C(c3ccccn3)SC1C1=C(C3SC(c4ccccn4)=NC32C)C(F)(F)C(F)(F)C1(F)F. The van der Waals surface area contributed by atoms with E-state index in [2.05, 4.69) is 9.97 Å². The van der Waals surface area contributed by atoms with Gasteiger partial charge in [0, 0.05) is 23.5 Å². The average Bonchev–Trinajstić information content (AvgIpc) is 3.40. The smallest absolute Gasteiger partial charge is 0.266 e. The van der Waals surface area contributed by atoms with Crippen molar-refractivity contribution in [2.24, 2.45) is 9.98 Å². The number of hydrogen-bond acceptors (Lipinski definition) is 6. The molecule has 4 heterocycles. The van der Waals surface area contributed by atoms with Gasteiger partial charge in [-0.3, -0.25) is 20.0 Å². The van der Waals surface area contributed by atoms with Gasteiger partial charge in [-0.2, -0.15) is 26.3 Å². The third-order valence-electron chi connectivity index (χ3n) is 7.22. The highest BCUT2D eigenvalue weighted by Crippen LogP contribution is 2.71. The zero-order chi connectivity index (χ0) is 25.0. The summed E-state index contributed by atoms with van der Waals surface area (Å²) in [4.78, 5) is 17.8. The minimum atomic E-state index is -5.58. The van der Waals surface area contributed by atoms with Crippen LogP contribution in [0.15, 0.2) is 69.9 Å². The van der Waals surface area contributed by atoms with Crippen LogP contribution in [0.3, 0.4) is 0 Å². The fraction of sp³-hybridized carbons (Fsp3) is 0.391. The zero-order valence-electron chi connectivity index (χ0n) is 18.1. The second-order valence-electron chi connectivity index (χ2n) is 9.11. The van der Waals surface area contributed by atoms with Crippen LogP contribution in [-0.2, 0) is 0 Å². The van der Waals surface area contributed by atoms with Crippen molar-refractivity contribution in [3.05, 3.63) is 71.3 Å². The summed E-state index contributed by atoms with van der Waals surface area (Å²) in [5, 5.41) is -2.55. The van der Waals surface area contributed by atoms with E-state index >= 15 is 17.6 Å². The van der Waals surface area contributed by atoms with Gasteiger partial charge in [0.15, 0.2) is 0 Å². The highest BCUT2D eigenvalue weighted by molar-refractivity contribution is 8.16. The summed E-state index contributed by atoms with van der Waals surface area (Å²) in [5.41, 5.74) is -4.87. The number of thioether (sulfide) groups is 2. The molecule has 6 rings (SSSR count). The predicted octanol–water partition coefficient (Wildman–Crippen LogP) is 5.65. The van der Waals surface area contributed by atoms with Crippen LogP contribution >= 0.6 is 23.5 Å². The maximum atomic E-state index is 15.3. The largest absolute Gasteiger partial charge is 0.380 e. The summed E-state index contributed by atoms with van der Waals surface area (Å²) >= 11 is 1.52. The van der Waals surface area contributed by atoms with Gasteiger partial charge in [-0.25, -0.2) is 0 Å². The second-order valence-corrected chi connectivity index (χ2v) is 11.3. The van der Waals surface area contributed by atoms with E-state index in [9.17, 15) is 8.78 Å². The average molecular weight is 527 g/mol. The van der Waals surface area contributed by atoms with E-state index in [1.807, 2.05) is 0 Å². The molecule has 0 N–H and O–H groups in total. The van der Waals surface area contributed by atoms with E-state index in [4.69, 9.17) is 9.98 Å². The Labute approximate surface area is 204 Å². The summed E-state index contributed by atoms with van der Waals surface area (Å²) < 4.78 is 90.6. The van der Waals surface area contributed by atoms with Gasteiger partial charge in [0.25, 0.3) is 0 Å². The van der Waals surface area contributed by atoms with E-state index in [1.165, 1.54) is 26.2 Å². The lowest BCUT2D eigenvalue weighted by molar-refractivity contribution is -0.265. The van der Waals surface area contributed by atoms with Crippen molar-refractivity contribution >= 4 is 33.6 Å². The number of halogens is 6. The van der Waals surface area contributed by atoms with Crippen molar-refractivity contribution < 1.29 is 26.3 Å². The molecule has 4 unspecified atom stereocenters. The number of hydrogen-bond donors (Lipinski definition) is 0. The van der Waals surface area contributed by atoms with Crippen LogP contribution in [0.25, 0.3) is 0 Å². The maximum Gasteiger partial charge on any atom is 0.380 e. The van der Waals surface area contributed by atoms with E-state index in [0.717, 1.165) is 23.5 Å². The van der Waals surface area contributed by atoms with Gasteiger partial charge in [-0.1, -0.05) is 35.7 Å². The normalized spacial score (nSPS) is 35.8. The van der Waals surface area contributed by atoms with Crippen LogP contribution < -0.4 is 0 Å². The Morgan fingerprint density at radius 2 is 1.06 bits per heavy atom. The molecule has 4 atom stereocenters. The Hall–Kier alpha value is -2.34. The molecule has 4 aliphatic rings. The molecule has 0 saturated carbocycles.